The number of nitrogens with one attached hydrogen (secondary N) is 1. The lowest BCUT2D eigenvalue weighted by atomic mass is 10.2. The Balaban J connectivity index is 2.89. The van der Waals surface area contributed by atoms with E-state index in [1.165, 1.54) is 12.1 Å². The van der Waals surface area contributed by atoms with Crippen molar-refractivity contribution in [2.75, 3.05) is 6.54 Å². The topological polar surface area (TPSA) is 66.4 Å². The van der Waals surface area contributed by atoms with Gasteiger partial charge < -0.3 is 5.11 Å². The van der Waals surface area contributed by atoms with Crippen molar-refractivity contribution < 1.29 is 13.5 Å². The summed E-state index contributed by atoms with van der Waals surface area (Å²) in [4.78, 5) is -0.203. The molecular formula is C11H14Cl3NO3S. The van der Waals surface area contributed by atoms with Crippen LogP contribution in [0, 0.1) is 0 Å². The first-order valence-electron chi connectivity index (χ1n) is 5.60. The predicted octanol–water partition coefficient (Wildman–Crippen LogP) is 3.09. The van der Waals surface area contributed by atoms with E-state index in [1.54, 1.807) is 0 Å². The molecule has 108 valence electrons. The van der Waals surface area contributed by atoms with Gasteiger partial charge in [-0.3, -0.25) is 0 Å². The minimum atomic E-state index is -3.83. The van der Waals surface area contributed by atoms with Crippen LogP contribution in [0.15, 0.2) is 17.0 Å². The van der Waals surface area contributed by atoms with Crippen LogP contribution in [0.3, 0.4) is 0 Å². The van der Waals surface area contributed by atoms with Crippen LogP contribution in [0.2, 0.25) is 15.1 Å². The first kappa shape index (κ1) is 17.0. The lowest BCUT2D eigenvalue weighted by Crippen LogP contribution is -2.27. The number of aliphatic hydroxyl groups excluding tert-OH is 1. The number of benzene rings is 1. The molecule has 0 radical (unpaired) electrons. The average molecular weight is 347 g/mol. The van der Waals surface area contributed by atoms with E-state index in [9.17, 15) is 13.5 Å². The van der Waals surface area contributed by atoms with Crippen LogP contribution in [0.4, 0.5) is 0 Å². The number of hydrogen-bond donors (Lipinski definition) is 2. The van der Waals surface area contributed by atoms with Crippen LogP contribution in [-0.4, -0.2) is 26.2 Å². The molecule has 19 heavy (non-hydrogen) atoms. The van der Waals surface area contributed by atoms with Gasteiger partial charge in [-0.1, -0.05) is 41.7 Å². The molecule has 2 N–H and O–H groups in total. The largest absolute Gasteiger partial charge is 0.393 e. The molecule has 0 aromatic heterocycles. The second-order valence-electron chi connectivity index (χ2n) is 3.95. The van der Waals surface area contributed by atoms with Crippen LogP contribution >= 0.6 is 34.8 Å². The smallest absolute Gasteiger partial charge is 0.243 e. The molecule has 8 heteroatoms. The van der Waals surface area contributed by atoms with E-state index >= 15 is 0 Å². The molecule has 0 heterocycles. The van der Waals surface area contributed by atoms with Crippen molar-refractivity contribution in [1.82, 2.24) is 4.72 Å². The van der Waals surface area contributed by atoms with Gasteiger partial charge in [-0.2, -0.15) is 0 Å². The van der Waals surface area contributed by atoms with Crippen LogP contribution in [0.5, 0.6) is 0 Å². The molecular weight excluding hydrogens is 333 g/mol. The molecule has 0 aliphatic carbocycles. The fraction of sp³-hybridized carbons (Fsp3) is 0.455. The molecule has 1 aromatic rings. The first-order chi connectivity index (χ1) is 8.77. The molecule has 0 fully saturated rings. The number of hydrogen-bond acceptors (Lipinski definition) is 3. The Bertz CT molecular complexity index is 525. The third kappa shape index (κ3) is 4.77. The molecule has 1 unspecified atom stereocenters. The third-order valence-corrected chi connectivity index (χ3v) is 5.07. The Kier molecular flexibility index (Phi) is 6.36. The summed E-state index contributed by atoms with van der Waals surface area (Å²) in [7, 11) is -3.83. The summed E-state index contributed by atoms with van der Waals surface area (Å²) >= 11 is 17.4. The molecule has 1 atom stereocenters. The number of rotatable bonds is 6. The van der Waals surface area contributed by atoms with E-state index in [-0.39, 0.29) is 26.5 Å². The van der Waals surface area contributed by atoms with Gasteiger partial charge >= 0.3 is 0 Å². The summed E-state index contributed by atoms with van der Waals surface area (Å²) in [6.45, 7) is 1.92. The summed E-state index contributed by atoms with van der Waals surface area (Å²) < 4.78 is 26.4. The van der Waals surface area contributed by atoms with E-state index in [0.29, 0.717) is 12.8 Å². The normalized spacial score (nSPS) is 13.5. The van der Waals surface area contributed by atoms with Crippen LogP contribution < -0.4 is 4.72 Å². The Morgan fingerprint density at radius 2 is 1.79 bits per heavy atom. The van der Waals surface area contributed by atoms with Crippen molar-refractivity contribution in [2.24, 2.45) is 0 Å². The van der Waals surface area contributed by atoms with Crippen molar-refractivity contribution in [1.29, 1.82) is 0 Å². The van der Waals surface area contributed by atoms with Crippen molar-refractivity contribution in [3.63, 3.8) is 0 Å². The van der Waals surface area contributed by atoms with E-state index < -0.39 is 16.1 Å². The second kappa shape index (κ2) is 7.11. The van der Waals surface area contributed by atoms with Gasteiger partial charge in [-0.05, 0) is 25.0 Å². The van der Waals surface area contributed by atoms with Crippen molar-refractivity contribution in [2.45, 2.75) is 30.8 Å². The molecule has 1 rings (SSSR count). The maximum Gasteiger partial charge on any atom is 0.243 e. The maximum atomic E-state index is 12.1. The van der Waals surface area contributed by atoms with Gasteiger partial charge in [0.2, 0.25) is 10.0 Å². The first-order valence-corrected chi connectivity index (χ1v) is 8.22. The van der Waals surface area contributed by atoms with Gasteiger partial charge in [0.1, 0.15) is 4.90 Å². The Morgan fingerprint density at radius 1 is 1.26 bits per heavy atom. The van der Waals surface area contributed by atoms with Crippen molar-refractivity contribution in [3.05, 3.63) is 27.2 Å². The standard InChI is InChI=1S/C11H14Cl3NO3S/c1-2-8(16)3-4-15-19(17,18)11-9(13)5-7(12)6-10(11)14/h5-6,8,15-16H,2-4H2,1H3. The molecule has 0 saturated carbocycles. The maximum absolute atomic E-state index is 12.1. The average Bonchev–Trinajstić information content (AvgIpc) is 2.26. The number of halogens is 3. The molecule has 1 aromatic carbocycles. The van der Waals surface area contributed by atoms with E-state index in [4.69, 9.17) is 34.8 Å². The Hall–Kier alpha value is -0.0400. The van der Waals surface area contributed by atoms with Gasteiger partial charge in [0.05, 0.1) is 16.1 Å². The highest BCUT2D eigenvalue weighted by Crippen LogP contribution is 2.32. The lowest BCUT2D eigenvalue weighted by Gasteiger charge is -2.12. The summed E-state index contributed by atoms with van der Waals surface area (Å²) in [5.41, 5.74) is 0. The predicted molar refractivity (Wildman–Crippen MR) is 77.6 cm³/mol. The van der Waals surface area contributed by atoms with Crippen LogP contribution in [-0.2, 0) is 10.0 Å². The van der Waals surface area contributed by atoms with Crippen molar-refractivity contribution in [3.8, 4) is 0 Å². The highest BCUT2D eigenvalue weighted by molar-refractivity contribution is 7.89. The fourth-order valence-electron chi connectivity index (χ4n) is 1.42. The molecule has 0 saturated heterocycles. The molecule has 0 aliphatic heterocycles. The highest BCUT2D eigenvalue weighted by Gasteiger charge is 2.22. The van der Waals surface area contributed by atoms with Crippen LogP contribution in [0.25, 0.3) is 0 Å². The summed E-state index contributed by atoms with van der Waals surface area (Å²) in [6.07, 6.45) is 0.335. The van der Waals surface area contributed by atoms with E-state index in [1.807, 2.05) is 6.92 Å². The van der Waals surface area contributed by atoms with E-state index in [2.05, 4.69) is 4.72 Å². The van der Waals surface area contributed by atoms with Gasteiger partial charge in [0.25, 0.3) is 0 Å². The Labute approximate surface area is 127 Å². The molecule has 0 amide bonds. The SMILES string of the molecule is CCC(O)CCNS(=O)(=O)c1c(Cl)cc(Cl)cc1Cl. The zero-order valence-electron chi connectivity index (χ0n) is 10.2. The number of sulfonamides is 1. The molecule has 0 aliphatic rings. The molecule has 0 bridgehead atoms. The lowest BCUT2D eigenvalue weighted by molar-refractivity contribution is 0.162. The quantitative estimate of drug-likeness (QED) is 0.832. The number of aliphatic hydroxyl groups is 1. The summed E-state index contributed by atoms with van der Waals surface area (Å²) in [5, 5.41) is 9.54. The third-order valence-electron chi connectivity index (χ3n) is 2.47. The molecule has 0 spiro atoms. The molecule has 4 nitrogen and oxygen atoms in total. The van der Waals surface area contributed by atoms with Crippen LogP contribution in [0.1, 0.15) is 19.8 Å². The minimum Gasteiger partial charge on any atom is -0.393 e. The summed E-state index contributed by atoms with van der Waals surface area (Å²) in [6, 6.07) is 2.62. The minimum absolute atomic E-state index is 0.0407. The highest BCUT2D eigenvalue weighted by atomic mass is 35.5. The van der Waals surface area contributed by atoms with Gasteiger partial charge in [0.15, 0.2) is 0 Å². The summed E-state index contributed by atoms with van der Waals surface area (Å²) in [5.74, 6) is 0. The fourth-order valence-corrected chi connectivity index (χ4v) is 4.01. The van der Waals surface area contributed by atoms with E-state index in [0.717, 1.165) is 0 Å². The van der Waals surface area contributed by atoms with Gasteiger partial charge in [-0.25, -0.2) is 13.1 Å². The second-order valence-corrected chi connectivity index (χ2v) is 6.90. The zero-order chi connectivity index (χ0) is 14.6. The van der Waals surface area contributed by atoms with Crippen molar-refractivity contribution >= 4 is 44.8 Å². The zero-order valence-corrected chi connectivity index (χ0v) is 13.2. The monoisotopic (exact) mass is 345 g/mol. The van der Waals surface area contributed by atoms with Gasteiger partial charge in [0, 0.05) is 11.6 Å². The Morgan fingerprint density at radius 3 is 2.26 bits per heavy atom. The van der Waals surface area contributed by atoms with Gasteiger partial charge in [-0.15, -0.1) is 0 Å².